The van der Waals surface area contributed by atoms with Crippen LogP contribution in [0.25, 0.3) is 0 Å². The number of benzene rings is 1. The van der Waals surface area contributed by atoms with Gasteiger partial charge in [0.05, 0.1) is 16.7 Å². The number of ether oxygens (including phenoxy) is 3. The Morgan fingerprint density at radius 1 is 1.28 bits per heavy atom. The second-order valence-corrected chi connectivity index (χ2v) is 8.60. The van der Waals surface area contributed by atoms with Gasteiger partial charge >= 0.3 is 12.6 Å². The fourth-order valence-electron chi connectivity index (χ4n) is 4.70. The molecule has 4 rings (SSSR count). The first kappa shape index (κ1) is 20.6. The Morgan fingerprint density at radius 2 is 1.90 bits per heavy atom. The van der Waals surface area contributed by atoms with Crippen molar-refractivity contribution in [3.8, 4) is 11.5 Å². The van der Waals surface area contributed by atoms with Crippen molar-refractivity contribution in [1.82, 2.24) is 4.90 Å². The molecule has 1 saturated carbocycles. The van der Waals surface area contributed by atoms with Crippen molar-refractivity contribution >= 4 is 17.6 Å². The third kappa shape index (κ3) is 3.78. The smallest absolute Gasteiger partial charge is 0.345 e. The van der Waals surface area contributed by atoms with Crippen molar-refractivity contribution in [3.63, 3.8) is 0 Å². The summed E-state index contributed by atoms with van der Waals surface area (Å²) in [5.74, 6) is -1.06. The van der Waals surface area contributed by atoms with E-state index in [1.807, 2.05) is 6.92 Å². The van der Waals surface area contributed by atoms with E-state index in [1.54, 1.807) is 6.92 Å². The zero-order chi connectivity index (χ0) is 20.9. The highest BCUT2D eigenvalue weighted by Gasteiger charge is 2.48. The molecule has 0 spiro atoms. The Kier molecular flexibility index (Phi) is 5.38. The molecule has 1 aliphatic carbocycles. The SMILES string of the molecule is Cc1c(C(=O)O)cc(Cl)c2c1OC(C)(C1CCC(N3CC(OC(F)F)C3)CC1)O2. The molecule has 160 valence electrons. The van der Waals surface area contributed by atoms with Gasteiger partial charge in [0.25, 0.3) is 5.79 Å². The minimum absolute atomic E-state index is 0.101. The van der Waals surface area contributed by atoms with Crippen LogP contribution in [0.3, 0.4) is 0 Å². The van der Waals surface area contributed by atoms with Gasteiger partial charge in [0.15, 0.2) is 11.5 Å². The predicted molar refractivity (Wildman–Crippen MR) is 101 cm³/mol. The number of alkyl halides is 2. The standard InChI is InChI=1S/C20H24ClF2NO5/c1-10-14(18(25)26)7-15(21)17-16(10)28-20(2,29-17)11-3-5-12(6-4-11)24-8-13(9-24)27-19(22)23/h7,11-13,19H,3-6,8-9H2,1-2H3,(H,25,26). The van der Waals surface area contributed by atoms with Crippen molar-refractivity contribution in [2.45, 2.75) is 64.1 Å². The van der Waals surface area contributed by atoms with E-state index >= 15 is 0 Å². The summed E-state index contributed by atoms with van der Waals surface area (Å²) in [6.45, 7) is 1.93. The number of nitrogens with zero attached hydrogens (tertiary/aromatic N) is 1. The highest BCUT2D eigenvalue weighted by Crippen LogP contribution is 2.51. The average Bonchev–Trinajstić information content (AvgIpc) is 3.00. The number of likely N-dealkylation sites (tertiary alicyclic amines) is 1. The van der Waals surface area contributed by atoms with Crippen molar-refractivity contribution < 1.29 is 32.9 Å². The van der Waals surface area contributed by atoms with E-state index in [4.69, 9.17) is 21.1 Å². The highest BCUT2D eigenvalue weighted by atomic mass is 35.5. The Balaban J connectivity index is 1.39. The van der Waals surface area contributed by atoms with Gasteiger partial charge < -0.3 is 19.3 Å². The molecule has 1 aromatic carbocycles. The normalized spacial score (nSPS) is 29.9. The highest BCUT2D eigenvalue weighted by molar-refractivity contribution is 6.32. The summed E-state index contributed by atoms with van der Waals surface area (Å²) >= 11 is 6.26. The fraction of sp³-hybridized carbons (Fsp3) is 0.650. The molecular formula is C20H24ClF2NO5. The second-order valence-electron chi connectivity index (χ2n) is 8.19. The van der Waals surface area contributed by atoms with Crippen LogP contribution in [0.2, 0.25) is 5.02 Å². The molecule has 29 heavy (non-hydrogen) atoms. The molecule has 6 nitrogen and oxygen atoms in total. The van der Waals surface area contributed by atoms with Crippen LogP contribution in [-0.2, 0) is 4.74 Å². The van der Waals surface area contributed by atoms with Crippen molar-refractivity contribution in [2.24, 2.45) is 5.92 Å². The topological polar surface area (TPSA) is 68.2 Å². The van der Waals surface area contributed by atoms with Crippen molar-refractivity contribution in [1.29, 1.82) is 0 Å². The molecule has 0 amide bonds. The fourth-order valence-corrected chi connectivity index (χ4v) is 4.93. The lowest BCUT2D eigenvalue weighted by Gasteiger charge is -2.47. The van der Waals surface area contributed by atoms with Crippen LogP contribution >= 0.6 is 11.6 Å². The number of aromatic carboxylic acids is 1. The molecule has 0 bridgehead atoms. The van der Waals surface area contributed by atoms with E-state index in [2.05, 4.69) is 9.64 Å². The van der Waals surface area contributed by atoms with Gasteiger partial charge in [0, 0.05) is 37.5 Å². The van der Waals surface area contributed by atoms with Gasteiger partial charge in [0.1, 0.15) is 0 Å². The van der Waals surface area contributed by atoms with Gasteiger partial charge in [-0.3, -0.25) is 4.90 Å². The zero-order valence-corrected chi connectivity index (χ0v) is 17.0. The van der Waals surface area contributed by atoms with Crippen LogP contribution in [0.15, 0.2) is 6.07 Å². The molecular weight excluding hydrogens is 408 g/mol. The lowest BCUT2D eigenvalue weighted by atomic mass is 9.80. The minimum atomic E-state index is -2.71. The van der Waals surface area contributed by atoms with Crippen LogP contribution in [0.4, 0.5) is 8.78 Å². The summed E-state index contributed by atoms with van der Waals surface area (Å²) in [6.07, 6.45) is 3.16. The molecule has 2 aliphatic heterocycles. The molecule has 1 unspecified atom stereocenters. The van der Waals surface area contributed by atoms with E-state index in [0.717, 1.165) is 25.7 Å². The molecule has 1 aromatic rings. The number of hydrogen-bond acceptors (Lipinski definition) is 5. The first-order chi connectivity index (χ1) is 13.7. The summed E-state index contributed by atoms with van der Waals surface area (Å²) in [6, 6.07) is 1.74. The maximum absolute atomic E-state index is 12.3. The number of carbonyl (C=O) groups is 1. The number of rotatable bonds is 5. The monoisotopic (exact) mass is 431 g/mol. The number of hydrogen-bond donors (Lipinski definition) is 1. The van der Waals surface area contributed by atoms with Gasteiger partial charge in [-0.05, 0) is 38.7 Å². The molecule has 2 heterocycles. The second kappa shape index (κ2) is 7.56. The molecule has 1 saturated heterocycles. The summed E-state index contributed by atoms with van der Waals surface area (Å²) in [4.78, 5) is 13.6. The largest absolute Gasteiger partial charge is 0.478 e. The molecule has 3 aliphatic rings. The Bertz CT molecular complexity index is 809. The predicted octanol–water partition coefficient (Wildman–Crippen LogP) is 4.32. The van der Waals surface area contributed by atoms with Gasteiger partial charge in [-0.25, -0.2) is 4.79 Å². The van der Waals surface area contributed by atoms with Crippen LogP contribution in [0, 0.1) is 12.8 Å². The third-order valence-corrected chi connectivity index (χ3v) is 6.69. The number of carboxylic acids is 1. The summed E-state index contributed by atoms with van der Waals surface area (Å²) in [7, 11) is 0. The maximum atomic E-state index is 12.3. The van der Waals surface area contributed by atoms with E-state index in [9.17, 15) is 18.7 Å². The van der Waals surface area contributed by atoms with E-state index in [1.165, 1.54) is 6.07 Å². The van der Waals surface area contributed by atoms with Crippen LogP contribution < -0.4 is 9.47 Å². The summed E-state index contributed by atoms with van der Waals surface area (Å²) < 4.78 is 41.3. The molecule has 0 radical (unpaired) electrons. The quantitative estimate of drug-likeness (QED) is 0.749. The number of halogens is 3. The Morgan fingerprint density at radius 3 is 2.48 bits per heavy atom. The Hall–Kier alpha value is -1.64. The van der Waals surface area contributed by atoms with Gasteiger partial charge in [-0.2, -0.15) is 8.78 Å². The summed E-state index contributed by atoms with van der Waals surface area (Å²) in [5, 5.41) is 9.59. The van der Waals surface area contributed by atoms with E-state index < -0.39 is 18.4 Å². The van der Waals surface area contributed by atoms with Crippen molar-refractivity contribution in [3.05, 3.63) is 22.2 Å². The summed E-state index contributed by atoms with van der Waals surface area (Å²) in [5.41, 5.74) is 0.601. The lowest BCUT2D eigenvalue weighted by molar-refractivity contribution is -0.203. The van der Waals surface area contributed by atoms with Gasteiger partial charge in [0.2, 0.25) is 0 Å². The molecule has 2 fully saturated rings. The zero-order valence-electron chi connectivity index (χ0n) is 16.3. The van der Waals surface area contributed by atoms with E-state index in [0.29, 0.717) is 36.2 Å². The van der Waals surface area contributed by atoms with Gasteiger partial charge in [-0.1, -0.05) is 11.6 Å². The lowest BCUT2D eigenvalue weighted by Crippen LogP contribution is -2.58. The first-order valence-electron chi connectivity index (χ1n) is 9.80. The number of carboxylic acid groups (broad SMARTS) is 1. The van der Waals surface area contributed by atoms with Gasteiger partial charge in [-0.15, -0.1) is 0 Å². The Labute approximate surface area is 172 Å². The molecule has 0 aromatic heterocycles. The number of fused-ring (bicyclic) bond motifs is 1. The van der Waals surface area contributed by atoms with E-state index in [-0.39, 0.29) is 22.6 Å². The third-order valence-electron chi connectivity index (χ3n) is 6.40. The van der Waals surface area contributed by atoms with Crippen LogP contribution in [0.1, 0.15) is 48.5 Å². The molecule has 1 atom stereocenters. The van der Waals surface area contributed by atoms with Crippen LogP contribution in [0.5, 0.6) is 11.5 Å². The first-order valence-corrected chi connectivity index (χ1v) is 10.2. The van der Waals surface area contributed by atoms with Crippen LogP contribution in [-0.4, -0.2) is 53.6 Å². The maximum Gasteiger partial charge on any atom is 0.345 e. The minimum Gasteiger partial charge on any atom is -0.478 e. The van der Waals surface area contributed by atoms with Crippen molar-refractivity contribution in [2.75, 3.05) is 13.1 Å². The molecule has 9 heteroatoms. The molecule has 1 N–H and O–H groups in total. The average molecular weight is 432 g/mol.